The lowest BCUT2D eigenvalue weighted by Crippen LogP contribution is -2.62. The van der Waals surface area contributed by atoms with E-state index in [0.29, 0.717) is 0 Å². The largest absolute Gasteiger partial charge is 0.459 e. The molecule has 1 fully saturated rings. The van der Waals surface area contributed by atoms with Crippen molar-refractivity contribution in [1.29, 1.82) is 0 Å². The Balaban J connectivity index is 3.06. The van der Waals surface area contributed by atoms with Gasteiger partial charge in [0.1, 0.15) is 19.0 Å². The number of hydrogen-bond acceptors (Lipinski definition) is 7. The molecule has 7 heteroatoms. The van der Waals surface area contributed by atoms with Gasteiger partial charge in [0.05, 0.1) is 0 Å². The van der Waals surface area contributed by atoms with Gasteiger partial charge in [0.2, 0.25) is 0 Å². The average Bonchev–Trinajstić information content (AvgIpc) is 2.47. The molecule has 0 unspecified atom stereocenters. The van der Waals surface area contributed by atoms with Crippen molar-refractivity contribution in [2.45, 2.75) is 57.7 Å². The molecular weight excluding hydrogens is 326 g/mol. The third-order valence-electron chi connectivity index (χ3n) is 3.68. The fraction of sp³-hybridized carbons (Fsp3) is 0.611. The van der Waals surface area contributed by atoms with Crippen LogP contribution in [0, 0.1) is 0 Å². The number of carbonyl (C=O) groups is 3. The Morgan fingerprint density at radius 2 is 1.44 bits per heavy atom. The zero-order valence-corrected chi connectivity index (χ0v) is 15.4. The van der Waals surface area contributed by atoms with Crippen molar-refractivity contribution in [2.75, 3.05) is 13.2 Å². The fourth-order valence-electron chi connectivity index (χ4n) is 3.00. The summed E-state index contributed by atoms with van der Waals surface area (Å²) in [7, 11) is 0. The smallest absolute Gasteiger partial charge is 0.349 e. The highest BCUT2D eigenvalue weighted by Crippen LogP contribution is 2.37. The van der Waals surface area contributed by atoms with Gasteiger partial charge in [-0.2, -0.15) is 5.06 Å². The number of hydrogen-bond donors (Lipinski definition) is 0. The van der Waals surface area contributed by atoms with E-state index >= 15 is 0 Å². The minimum absolute atomic E-state index is 0.0568. The molecule has 0 radical (unpaired) electrons. The molecule has 0 saturated carbocycles. The molecule has 1 saturated heterocycles. The summed E-state index contributed by atoms with van der Waals surface area (Å²) < 4.78 is 9.90. The van der Waals surface area contributed by atoms with Crippen LogP contribution in [0.4, 0.5) is 0 Å². The summed E-state index contributed by atoms with van der Waals surface area (Å²) in [5, 5.41) is 1.52. The van der Waals surface area contributed by atoms with Crippen LogP contribution < -0.4 is 0 Å². The number of esters is 2. The van der Waals surface area contributed by atoms with Crippen LogP contribution in [0.5, 0.6) is 0 Å². The van der Waals surface area contributed by atoms with Crippen molar-refractivity contribution in [1.82, 2.24) is 5.06 Å². The lowest BCUT2D eigenvalue weighted by molar-refractivity contribution is -0.294. The lowest BCUT2D eigenvalue weighted by atomic mass is 9.81. The van der Waals surface area contributed by atoms with Crippen LogP contribution in [0.1, 0.15) is 40.5 Å². The molecule has 1 rings (SSSR count). The Kier molecular flexibility index (Phi) is 7.07. The van der Waals surface area contributed by atoms with Gasteiger partial charge in [-0.1, -0.05) is 25.3 Å². The molecule has 0 aromatic carbocycles. The van der Waals surface area contributed by atoms with Crippen LogP contribution in [0.15, 0.2) is 25.3 Å². The molecule has 0 spiro atoms. The van der Waals surface area contributed by atoms with E-state index in [2.05, 4.69) is 13.2 Å². The zero-order chi connectivity index (χ0) is 19.3. The van der Waals surface area contributed by atoms with E-state index in [1.807, 2.05) is 27.7 Å². The number of carbonyl (C=O) groups excluding carboxylic acids is 3. The van der Waals surface area contributed by atoms with Gasteiger partial charge in [-0.3, -0.25) is 9.63 Å². The predicted octanol–water partition coefficient (Wildman–Crippen LogP) is 1.97. The van der Waals surface area contributed by atoms with E-state index in [1.165, 1.54) is 17.2 Å². The normalized spacial score (nSPS) is 19.3. The first-order valence-electron chi connectivity index (χ1n) is 8.09. The minimum Gasteiger partial charge on any atom is -0.459 e. The molecule has 0 aromatic rings. The maximum atomic E-state index is 12.3. The summed E-state index contributed by atoms with van der Waals surface area (Å²) in [6.45, 7) is 14.1. The van der Waals surface area contributed by atoms with Crippen LogP contribution in [0.3, 0.4) is 0 Å². The number of nitrogens with zero attached hydrogens (tertiary/aromatic N) is 1. The first-order valence-corrected chi connectivity index (χ1v) is 8.09. The summed E-state index contributed by atoms with van der Waals surface area (Å²) in [6, 6.07) is 0. The van der Waals surface area contributed by atoms with Crippen molar-refractivity contribution in [2.24, 2.45) is 0 Å². The van der Waals surface area contributed by atoms with Crippen molar-refractivity contribution in [3.63, 3.8) is 0 Å². The quantitative estimate of drug-likeness (QED) is 0.375. The molecule has 0 aliphatic carbocycles. The van der Waals surface area contributed by atoms with Crippen molar-refractivity contribution in [3.05, 3.63) is 25.3 Å². The van der Waals surface area contributed by atoms with E-state index in [0.717, 1.165) is 0 Å². The molecule has 0 N–H and O–H groups in total. The number of rotatable bonds is 8. The number of ketones is 1. The summed E-state index contributed by atoms with van der Waals surface area (Å²) in [6.07, 6.45) is 1.67. The van der Waals surface area contributed by atoms with Crippen molar-refractivity contribution in [3.8, 4) is 0 Å². The highest BCUT2D eigenvalue weighted by atomic mass is 16.7. The first kappa shape index (κ1) is 21.1. The van der Waals surface area contributed by atoms with Gasteiger partial charge in [0, 0.05) is 23.9 Å². The van der Waals surface area contributed by atoms with E-state index in [4.69, 9.17) is 14.3 Å². The topological polar surface area (TPSA) is 82.1 Å². The SMILES string of the molecule is C=CCOC(=O)C(ON1C(C)(C)CC(=O)CC1(C)C)C(=O)OCC=C. The van der Waals surface area contributed by atoms with Crippen LogP contribution in [0.2, 0.25) is 0 Å². The molecule has 1 aliphatic rings. The number of Topliss-reactive ketones (excluding diaryl/α,β-unsaturated/α-hetero) is 1. The van der Waals surface area contributed by atoms with Gasteiger partial charge < -0.3 is 9.47 Å². The molecule has 7 nitrogen and oxygen atoms in total. The summed E-state index contributed by atoms with van der Waals surface area (Å²) in [4.78, 5) is 42.2. The zero-order valence-electron chi connectivity index (χ0n) is 15.4. The van der Waals surface area contributed by atoms with E-state index in [1.54, 1.807) is 0 Å². The maximum absolute atomic E-state index is 12.3. The van der Waals surface area contributed by atoms with E-state index in [9.17, 15) is 14.4 Å². The third kappa shape index (κ3) is 5.51. The highest BCUT2D eigenvalue weighted by Gasteiger charge is 2.49. The molecule has 0 atom stereocenters. The Morgan fingerprint density at radius 1 is 1.04 bits per heavy atom. The standard InChI is InChI=1S/C18H27NO6/c1-7-9-23-15(21)14(16(22)24-10-8-2)25-19-17(3,4)11-13(20)12-18(19,5)6/h7-8,14H,1-2,9-12H2,3-6H3. The second kappa shape index (κ2) is 8.40. The van der Waals surface area contributed by atoms with Gasteiger partial charge >= 0.3 is 11.9 Å². The molecule has 0 bridgehead atoms. The Morgan fingerprint density at radius 3 is 1.80 bits per heavy atom. The minimum atomic E-state index is -1.59. The Labute approximate surface area is 148 Å². The van der Waals surface area contributed by atoms with E-state index < -0.39 is 29.1 Å². The van der Waals surface area contributed by atoms with Gasteiger partial charge in [-0.25, -0.2) is 9.59 Å². The van der Waals surface area contributed by atoms with Crippen LogP contribution in [0.25, 0.3) is 0 Å². The van der Waals surface area contributed by atoms with Gasteiger partial charge in [0.25, 0.3) is 6.10 Å². The number of piperidine rings is 1. The Hall–Kier alpha value is -1.99. The van der Waals surface area contributed by atoms with Crippen molar-refractivity contribution >= 4 is 17.7 Å². The fourth-order valence-corrected chi connectivity index (χ4v) is 3.00. The van der Waals surface area contributed by atoms with Gasteiger partial charge in [-0.05, 0) is 27.7 Å². The summed E-state index contributed by atoms with van der Waals surface area (Å²) in [5.41, 5.74) is -1.40. The van der Waals surface area contributed by atoms with Gasteiger partial charge in [0.15, 0.2) is 0 Å². The summed E-state index contributed by atoms with van der Waals surface area (Å²) >= 11 is 0. The molecular formula is C18H27NO6. The molecule has 25 heavy (non-hydrogen) atoms. The predicted molar refractivity (Wildman–Crippen MR) is 91.4 cm³/mol. The maximum Gasteiger partial charge on any atom is 0.349 e. The van der Waals surface area contributed by atoms with E-state index in [-0.39, 0.29) is 31.8 Å². The molecule has 0 aromatic heterocycles. The Bertz CT molecular complexity index is 508. The molecule has 1 heterocycles. The lowest BCUT2D eigenvalue weighted by Gasteiger charge is -2.50. The van der Waals surface area contributed by atoms with Gasteiger partial charge in [-0.15, -0.1) is 0 Å². The van der Waals surface area contributed by atoms with Crippen LogP contribution >= 0.6 is 0 Å². The average molecular weight is 353 g/mol. The second-order valence-corrected chi connectivity index (χ2v) is 7.13. The van der Waals surface area contributed by atoms with Crippen molar-refractivity contribution < 1.29 is 28.7 Å². The summed E-state index contributed by atoms with van der Waals surface area (Å²) in [5.74, 6) is -1.66. The third-order valence-corrected chi connectivity index (χ3v) is 3.68. The monoisotopic (exact) mass is 353 g/mol. The number of ether oxygens (including phenoxy) is 2. The highest BCUT2D eigenvalue weighted by molar-refractivity contribution is 5.98. The molecule has 1 aliphatic heterocycles. The van der Waals surface area contributed by atoms with Crippen LogP contribution in [-0.2, 0) is 28.7 Å². The second-order valence-electron chi connectivity index (χ2n) is 7.13. The number of hydroxylamine groups is 2. The first-order chi connectivity index (χ1) is 11.5. The molecule has 0 amide bonds. The molecule has 140 valence electrons. The van der Waals surface area contributed by atoms with Crippen LogP contribution in [-0.4, -0.2) is 53.2 Å².